The lowest BCUT2D eigenvalue weighted by atomic mass is 10.0. The first kappa shape index (κ1) is 16.9. The molecule has 1 aromatic rings. The Morgan fingerprint density at radius 2 is 1.55 bits per heavy atom. The van der Waals surface area contributed by atoms with Crippen LogP contribution in [0.15, 0.2) is 29.2 Å². The van der Waals surface area contributed by atoms with Gasteiger partial charge in [0.15, 0.2) is 5.78 Å². The van der Waals surface area contributed by atoms with Gasteiger partial charge in [0.2, 0.25) is 0 Å². The lowest BCUT2D eigenvalue weighted by Gasteiger charge is -2.03. The Labute approximate surface area is 121 Å². The molecule has 0 atom stereocenters. The summed E-state index contributed by atoms with van der Waals surface area (Å²) in [5.41, 5.74) is 0.492. The van der Waals surface area contributed by atoms with Crippen molar-refractivity contribution in [1.82, 2.24) is 0 Å². The van der Waals surface area contributed by atoms with Gasteiger partial charge in [-0.15, -0.1) is 0 Å². The number of carbonyl (C=O) groups is 1. The van der Waals surface area contributed by atoms with Crippen LogP contribution < -0.4 is 0 Å². The summed E-state index contributed by atoms with van der Waals surface area (Å²) in [6.45, 7) is 2.17. The number of hydrogen-bond acceptors (Lipinski definition) is 3. The first-order chi connectivity index (χ1) is 9.45. The number of hydrogen-bond donors (Lipinski definition) is 1. The van der Waals surface area contributed by atoms with Gasteiger partial charge in [0.1, 0.15) is 0 Å². The molecule has 0 saturated carbocycles. The Hall–Kier alpha value is -1.20. The Morgan fingerprint density at radius 1 is 1.00 bits per heavy atom. The zero-order valence-electron chi connectivity index (χ0n) is 11.8. The van der Waals surface area contributed by atoms with Crippen LogP contribution >= 0.6 is 0 Å². The SMILES string of the molecule is CCCCCCCCC(=O)c1ccc(S(=O)(=O)O)cc1. The maximum Gasteiger partial charge on any atom is 0.294 e. The minimum absolute atomic E-state index is 0.0161. The van der Waals surface area contributed by atoms with Gasteiger partial charge in [-0.1, -0.05) is 51.2 Å². The Morgan fingerprint density at radius 3 is 2.10 bits per heavy atom. The van der Waals surface area contributed by atoms with E-state index in [0.29, 0.717) is 12.0 Å². The van der Waals surface area contributed by atoms with Crippen molar-refractivity contribution < 1.29 is 17.8 Å². The molecular formula is C15H22O4S. The van der Waals surface area contributed by atoms with E-state index in [4.69, 9.17) is 4.55 Å². The van der Waals surface area contributed by atoms with E-state index in [1.54, 1.807) is 0 Å². The van der Waals surface area contributed by atoms with E-state index in [1.807, 2.05) is 0 Å². The Kier molecular flexibility index (Phi) is 6.88. The van der Waals surface area contributed by atoms with E-state index in [0.717, 1.165) is 19.3 Å². The fourth-order valence-corrected chi connectivity index (χ4v) is 2.50. The second-order valence-electron chi connectivity index (χ2n) is 4.94. The lowest BCUT2D eigenvalue weighted by Crippen LogP contribution is -2.02. The van der Waals surface area contributed by atoms with E-state index in [2.05, 4.69) is 6.92 Å². The average Bonchev–Trinajstić information content (AvgIpc) is 2.41. The van der Waals surface area contributed by atoms with Gasteiger partial charge < -0.3 is 0 Å². The molecule has 0 radical (unpaired) electrons. The molecule has 0 heterocycles. The molecule has 0 aromatic heterocycles. The van der Waals surface area contributed by atoms with E-state index in [1.165, 1.54) is 43.5 Å². The molecule has 0 amide bonds. The molecule has 4 nitrogen and oxygen atoms in total. The van der Waals surface area contributed by atoms with Gasteiger partial charge in [-0.25, -0.2) is 0 Å². The first-order valence-corrected chi connectivity index (χ1v) is 8.50. The summed E-state index contributed by atoms with van der Waals surface area (Å²) in [5.74, 6) is 0.0161. The third-order valence-corrected chi connectivity index (χ3v) is 4.10. The van der Waals surface area contributed by atoms with Crippen molar-refractivity contribution in [1.29, 1.82) is 0 Å². The predicted octanol–water partition coefficient (Wildman–Crippen LogP) is 3.87. The van der Waals surface area contributed by atoms with Crippen molar-refractivity contribution in [2.45, 2.75) is 56.8 Å². The van der Waals surface area contributed by atoms with Gasteiger partial charge in [0.25, 0.3) is 10.1 Å². The quantitative estimate of drug-likeness (QED) is 0.427. The van der Waals surface area contributed by atoms with Crippen molar-refractivity contribution >= 4 is 15.9 Å². The number of carbonyl (C=O) groups excluding carboxylic acids is 1. The third-order valence-electron chi connectivity index (χ3n) is 3.23. The van der Waals surface area contributed by atoms with E-state index in [-0.39, 0.29) is 10.7 Å². The second-order valence-corrected chi connectivity index (χ2v) is 6.36. The highest BCUT2D eigenvalue weighted by molar-refractivity contribution is 7.85. The highest BCUT2D eigenvalue weighted by Crippen LogP contribution is 2.14. The van der Waals surface area contributed by atoms with Crippen LogP contribution in [-0.4, -0.2) is 18.8 Å². The fraction of sp³-hybridized carbons (Fsp3) is 0.533. The number of rotatable bonds is 9. The molecule has 0 unspecified atom stereocenters. The smallest absolute Gasteiger partial charge is 0.294 e. The number of ketones is 1. The molecule has 0 aliphatic heterocycles. The fourth-order valence-electron chi connectivity index (χ4n) is 2.02. The molecule has 0 saturated heterocycles. The molecule has 1 N–H and O–H groups in total. The minimum atomic E-state index is -4.19. The average molecular weight is 298 g/mol. The van der Waals surface area contributed by atoms with Crippen molar-refractivity contribution in [2.75, 3.05) is 0 Å². The molecule has 1 aromatic carbocycles. The standard InChI is InChI=1S/C15H22O4S/c1-2-3-4-5-6-7-8-15(16)13-9-11-14(12-10-13)20(17,18)19/h9-12H,2-8H2,1H3,(H,17,18,19). The van der Waals surface area contributed by atoms with Crippen LogP contribution in [0, 0.1) is 0 Å². The molecule has 0 bridgehead atoms. The van der Waals surface area contributed by atoms with Crippen LogP contribution in [-0.2, 0) is 10.1 Å². The van der Waals surface area contributed by atoms with Gasteiger partial charge in [-0.2, -0.15) is 8.42 Å². The van der Waals surface area contributed by atoms with Crippen LogP contribution in [0.3, 0.4) is 0 Å². The van der Waals surface area contributed by atoms with Gasteiger partial charge in [-0.05, 0) is 18.6 Å². The van der Waals surface area contributed by atoms with E-state index < -0.39 is 10.1 Å². The molecule has 0 aliphatic rings. The second kappa shape index (κ2) is 8.17. The highest BCUT2D eigenvalue weighted by Gasteiger charge is 2.11. The summed E-state index contributed by atoms with van der Waals surface area (Å²) in [4.78, 5) is 11.7. The predicted molar refractivity (Wildman–Crippen MR) is 78.6 cm³/mol. The molecular weight excluding hydrogens is 276 g/mol. The molecule has 0 aliphatic carbocycles. The molecule has 0 fully saturated rings. The number of benzene rings is 1. The van der Waals surface area contributed by atoms with Crippen molar-refractivity contribution in [3.8, 4) is 0 Å². The molecule has 20 heavy (non-hydrogen) atoms. The number of unbranched alkanes of at least 4 members (excludes halogenated alkanes) is 5. The van der Waals surface area contributed by atoms with Crippen molar-refractivity contribution in [2.24, 2.45) is 0 Å². The topological polar surface area (TPSA) is 71.4 Å². The lowest BCUT2D eigenvalue weighted by molar-refractivity contribution is 0.0979. The maximum absolute atomic E-state index is 11.9. The molecule has 112 valence electrons. The minimum Gasteiger partial charge on any atom is -0.294 e. The van der Waals surface area contributed by atoms with Crippen molar-refractivity contribution in [3.05, 3.63) is 29.8 Å². The van der Waals surface area contributed by atoms with Crippen LogP contribution in [0.4, 0.5) is 0 Å². The summed E-state index contributed by atoms with van der Waals surface area (Å²) >= 11 is 0. The normalized spacial score (nSPS) is 11.5. The van der Waals surface area contributed by atoms with Crippen LogP contribution in [0.1, 0.15) is 62.2 Å². The van der Waals surface area contributed by atoms with E-state index in [9.17, 15) is 13.2 Å². The monoisotopic (exact) mass is 298 g/mol. The zero-order valence-corrected chi connectivity index (χ0v) is 12.7. The molecule has 0 spiro atoms. The Bertz CT molecular complexity index is 517. The number of Topliss-reactive ketones (excluding diaryl/α,β-unsaturated/α-hetero) is 1. The van der Waals surface area contributed by atoms with Crippen molar-refractivity contribution in [3.63, 3.8) is 0 Å². The molecule has 5 heteroatoms. The summed E-state index contributed by atoms with van der Waals surface area (Å²) in [5, 5.41) is 0. The highest BCUT2D eigenvalue weighted by atomic mass is 32.2. The van der Waals surface area contributed by atoms with E-state index >= 15 is 0 Å². The van der Waals surface area contributed by atoms with Gasteiger partial charge >= 0.3 is 0 Å². The zero-order chi connectivity index (χ0) is 15.0. The maximum atomic E-state index is 11.9. The summed E-state index contributed by atoms with van der Waals surface area (Å²) < 4.78 is 30.6. The van der Waals surface area contributed by atoms with Crippen LogP contribution in [0.2, 0.25) is 0 Å². The summed E-state index contributed by atoms with van der Waals surface area (Å²) in [6, 6.07) is 5.40. The van der Waals surface area contributed by atoms with Gasteiger partial charge in [0, 0.05) is 12.0 Å². The first-order valence-electron chi connectivity index (χ1n) is 7.06. The molecule has 1 rings (SSSR count). The van der Waals surface area contributed by atoms with Gasteiger partial charge in [0.05, 0.1) is 4.90 Å². The van der Waals surface area contributed by atoms with Crippen LogP contribution in [0.5, 0.6) is 0 Å². The van der Waals surface area contributed by atoms with Crippen LogP contribution in [0.25, 0.3) is 0 Å². The summed E-state index contributed by atoms with van der Waals surface area (Å²) in [6.07, 6.45) is 7.22. The van der Waals surface area contributed by atoms with Gasteiger partial charge in [-0.3, -0.25) is 9.35 Å². The summed E-state index contributed by atoms with van der Waals surface area (Å²) in [7, 11) is -4.19. The Balaban J connectivity index is 2.40. The third kappa shape index (κ3) is 5.84. The largest absolute Gasteiger partial charge is 0.294 e.